The quantitative estimate of drug-likeness (QED) is 0.309. The van der Waals surface area contributed by atoms with Crippen molar-refractivity contribution in [2.45, 2.75) is 26.0 Å². The second-order valence-corrected chi connectivity index (χ2v) is 12.1. The number of benzene rings is 2. The third-order valence-corrected chi connectivity index (χ3v) is 8.89. The van der Waals surface area contributed by atoms with Gasteiger partial charge in [-0.2, -0.15) is 0 Å². The minimum atomic E-state index is -0.538. The lowest BCUT2D eigenvalue weighted by molar-refractivity contribution is -0.134. The monoisotopic (exact) mass is 640 g/mol. The fraction of sp³-hybridized carbons (Fsp3) is 0.500. The molecule has 5 rings (SSSR count). The molecule has 3 aliphatic rings. The first kappa shape index (κ1) is 32.6. The maximum Gasteiger partial charge on any atom is 0.414 e. The molecule has 0 aliphatic carbocycles. The number of amides is 2. The summed E-state index contributed by atoms with van der Waals surface area (Å²) in [6.07, 6.45) is -0.204. The van der Waals surface area contributed by atoms with E-state index in [0.29, 0.717) is 67.6 Å². The predicted octanol–water partition coefficient (Wildman–Crippen LogP) is 2.73. The minimum absolute atomic E-state index is 0.290. The average molecular weight is 641 g/mol. The average Bonchev–Trinajstić information content (AvgIpc) is 3.43. The van der Waals surface area contributed by atoms with Crippen molar-refractivity contribution in [3.63, 3.8) is 0 Å². The Kier molecular flexibility index (Phi) is 10.8. The van der Waals surface area contributed by atoms with Crippen molar-refractivity contribution in [3.8, 4) is 0 Å². The number of ether oxygens (including phenoxy) is 2. The molecular formula is C32H41FN6O5S. The molecule has 3 saturated heterocycles. The summed E-state index contributed by atoms with van der Waals surface area (Å²) in [6, 6.07) is 12.0. The molecule has 1 N–H and O–H groups in total. The molecule has 1 atom stereocenters. The zero-order chi connectivity index (χ0) is 31.9. The van der Waals surface area contributed by atoms with Crippen LogP contribution < -0.4 is 15.1 Å². The summed E-state index contributed by atoms with van der Waals surface area (Å²) in [6.45, 7) is 8.82. The molecular weight excluding hydrogens is 599 g/mol. The van der Waals surface area contributed by atoms with Crippen LogP contribution in [0.15, 0.2) is 42.5 Å². The molecule has 0 bridgehead atoms. The Balaban J connectivity index is 1.05. The Morgan fingerprint density at radius 3 is 2.40 bits per heavy atom. The van der Waals surface area contributed by atoms with Gasteiger partial charge in [-0.1, -0.05) is 31.3 Å². The van der Waals surface area contributed by atoms with Crippen LogP contribution in [0.3, 0.4) is 0 Å². The lowest BCUT2D eigenvalue weighted by atomic mass is 10.1. The standard InChI is InChI=1S/C32H41FN6O5S/c1-3-29(45)34-19-26-21-39(32(42)44-26)25-8-9-28(27(33)18-25)37-14-16-38(17-15-37)30(40)22-43-31(41)24-6-4-23(5-7-24)20-36-12-10-35(2)11-13-36/h4-9,18,26H,3,10-17,19-22H2,1-2H3,(H,34,45). The van der Waals surface area contributed by atoms with E-state index in [1.807, 2.05) is 24.0 Å². The van der Waals surface area contributed by atoms with Crippen LogP contribution in [0.4, 0.5) is 20.6 Å². The summed E-state index contributed by atoms with van der Waals surface area (Å²) in [4.78, 5) is 48.0. The Morgan fingerprint density at radius 2 is 1.73 bits per heavy atom. The fourth-order valence-corrected chi connectivity index (χ4v) is 5.70. The Morgan fingerprint density at radius 1 is 1.02 bits per heavy atom. The summed E-state index contributed by atoms with van der Waals surface area (Å²) in [7, 11) is 2.13. The lowest BCUT2D eigenvalue weighted by Crippen LogP contribution is -2.50. The van der Waals surface area contributed by atoms with E-state index in [1.165, 1.54) is 11.0 Å². The van der Waals surface area contributed by atoms with Crippen molar-refractivity contribution in [2.75, 3.05) is 88.9 Å². The molecule has 1 unspecified atom stereocenters. The zero-order valence-electron chi connectivity index (χ0n) is 25.9. The van der Waals surface area contributed by atoms with Gasteiger partial charge in [0.1, 0.15) is 11.9 Å². The number of hydrogen-bond acceptors (Lipinski definition) is 9. The highest BCUT2D eigenvalue weighted by Crippen LogP contribution is 2.28. The molecule has 0 radical (unpaired) electrons. The van der Waals surface area contributed by atoms with Gasteiger partial charge in [0.25, 0.3) is 5.91 Å². The van der Waals surface area contributed by atoms with Crippen LogP contribution in [0.2, 0.25) is 0 Å². The summed E-state index contributed by atoms with van der Waals surface area (Å²) < 4.78 is 25.9. The minimum Gasteiger partial charge on any atom is -0.452 e. The number of esters is 1. The van der Waals surface area contributed by atoms with Gasteiger partial charge in [-0.3, -0.25) is 14.6 Å². The van der Waals surface area contributed by atoms with Crippen LogP contribution in [0.25, 0.3) is 0 Å². The topological polar surface area (TPSA) is 97.9 Å². The van der Waals surface area contributed by atoms with Crippen LogP contribution in [-0.2, 0) is 20.8 Å². The molecule has 2 aromatic carbocycles. The van der Waals surface area contributed by atoms with Crippen molar-refractivity contribution in [3.05, 3.63) is 59.4 Å². The van der Waals surface area contributed by atoms with Gasteiger partial charge in [0.15, 0.2) is 6.61 Å². The van der Waals surface area contributed by atoms with Gasteiger partial charge in [-0.25, -0.2) is 14.0 Å². The Bertz CT molecular complexity index is 1380. The fourth-order valence-electron chi connectivity index (χ4n) is 5.62. The first-order valence-corrected chi connectivity index (χ1v) is 15.8. The van der Waals surface area contributed by atoms with E-state index in [4.69, 9.17) is 21.7 Å². The van der Waals surface area contributed by atoms with E-state index in [0.717, 1.165) is 38.3 Å². The van der Waals surface area contributed by atoms with Crippen molar-refractivity contribution in [2.24, 2.45) is 0 Å². The summed E-state index contributed by atoms with van der Waals surface area (Å²) >= 11 is 5.16. The number of piperazine rings is 2. The summed E-state index contributed by atoms with van der Waals surface area (Å²) in [5, 5.41) is 3.07. The van der Waals surface area contributed by atoms with Gasteiger partial charge in [-0.05, 0) is 49.4 Å². The molecule has 2 amide bonds. The van der Waals surface area contributed by atoms with Gasteiger partial charge in [0, 0.05) is 58.9 Å². The second kappa shape index (κ2) is 15.0. The molecule has 3 aliphatic heterocycles. The highest BCUT2D eigenvalue weighted by molar-refractivity contribution is 7.80. The van der Waals surface area contributed by atoms with E-state index >= 15 is 4.39 Å². The molecule has 3 heterocycles. The van der Waals surface area contributed by atoms with Crippen molar-refractivity contribution in [1.29, 1.82) is 0 Å². The summed E-state index contributed by atoms with van der Waals surface area (Å²) in [5.74, 6) is -1.29. The van der Waals surface area contributed by atoms with Gasteiger partial charge in [-0.15, -0.1) is 0 Å². The van der Waals surface area contributed by atoms with E-state index in [1.54, 1.807) is 29.2 Å². The number of hydrogen-bond donors (Lipinski definition) is 1. The van der Waals surface area contributed by atoms with Crippen LogP contribution in [0, 0.1) is 5.82 Å². The molecule has 13 heteroatoms. The molecule has 0 spiro atoms. The summed E-state index contributed by atoms with van der Waals surface area (Å²) in [5.41, 5.74) is 2.35. The van der Waals surface area contributed by atoms with Gasteiger partial charge < -0.3 is 29.5 Å². The zero-order valence-corrected chi connectivity index (χ0v) is 26.7. The first-order valence-electron chi connectivity index (χ1n) is 15.4. The second-order valence-electron chi connectivity index (χ2n) is 11.6. The number of rotatable bonds is 10. The van der Waals surface area contributed by atoms with Crippen molar-refractivity contribution in [1.82, 2.24) is 20.0 Å². The van der Waals surface area contributed by atoms with E-state index in [-0.39, 0.29) is 18.6 Å². The first-order chi connectivity index (χ1) is 21.7. The smallest absolute Gasteiger partial charge is 0.414 e. The van der Waals surface area contributed by atoms with E-state index in [2.05, 4.69) is 22.2 Å². The third-order valence-electron chi connectivity index (χ3n) is 8.46. The predicted molar refractivity (Wildman–Crippen MR) is 173 cm³/mol. The molecule has 0 aromatic heterocycles. The normalized spacial score (nSPS) is 19.4. The Labute approximate surface area is 268 Å². The molecule has 45 heavy (non-hydrogen) atoms. The van der Waals surface area contributed by atoms with Gasteiger partial charge in [0.05, 0.1) is 35.0 Å². The number of cyclic esters (lactones) is 1. The van der Waals surface area contributed by atoms with Crippen LogP contribution in [-0.4, -0.2) is 123 Å². The number of nitrogens with one attached hydrogen (secondary N) is 1. The number of halogens is 1. The number of thiocarbonyl (C=S) groups is 1. The van der Waals surface area contributed by atoms with E-state index < -0.39 is 17.9 Å². The number of anilines is 2. The Hall–Kier alpha value is -3.81. The maximum atomic E-state index is 15.2. The number of likely N-dealkylation sites (N-methyl/N-ethyl adjacent to an activating group) is 1. The SMILES string of the molecule is CCC(=S)NCC1CN(c2ccc(N3CCN(C(=O)COC(=O)c4ccc(CN5CCN(C)CC5)cc4)CC3)c(F)c2)C(=O)O1. The number of nitrogens with zero attached hydrogens (tertiary/aromatic N) is 5. The lowest BCUT2D eigenvalue weighted by Gasteiger charge is -2.36. The van der Waals surface area contributed by atoms with Gasteiger partial charge in [0.2, 0.25) is 0 Å². The maximum absolute atomic E-state index is 15.2. The molecule has 11 nitrogen and oxygen atoms in total. The molecule has 242 valence electrons. The third kappa shape index (κ3) is 8.47. The number of carbonyl (C=O) groups is 3. The van der Waals surface area contributed by atoms with E-state index in [9.17, 15) is 14.4 Å². The molecule has 2 aromatic rings. The highest BCUT2D eigenvalue weighted by Gasteiger charge is 2.33. The van der Waals surface area contributed by atoms with Crippen LogP contribution >= 0.6 is 12.2 Å². The largest absolute Gasteiger partial charge is 0.452 e. The molecule has 3 fully saturated rings. The van der Waals surface area contributed by atoms with Crippen molar-refractivity contribution < 1.29 is 28.2 Å². The van der Waals surface area contributed by atoms with Crippen LogP contribution in [0.5, 0.6) is 0 Å². The van der Waals surface area contributed by atoms with Crippen LogP contribution in [0.1, 0.15) is 29.3 Å². The molecule has 0 saturated carbocycles. The number of carbonyl (C=O) groups excluding carboxylic acids is 3. The van der Waals surface area contributed by atoms with Gasteiger partial charge >= 0.3 is 12.1 Å². The highest BCUT2D eigenvalue weighted by atomic mass is 32.1. The van der Waals surface area contributed by atoms with Crippen molar-refractivity contribution >= 4 is 46.6 Å².